The molecule has 0 fully saturated rings. The first-order valence-electron chi connectivity index (χ1n) is 6.29. The predicted octanol–water partition coefficient (Wildman–Crippen LogP) is 1.05. The molecule has 0 radical (unpaired) electrons. The van der Waals surface area contributed by atoms with Gasteiger partial charge >= 0.3 is 0 Å². The first-order valence-corrected chi connectivity index (χ1v) is 6.29. The fourth-order valence-corrected chi connectivity index (χ4v) is 2.34. The molecule has 4 N–H and O–H groups in total. The van der Waals surface area contributed by atoms with E-state index in [-0.39, 0.29) is 0 Å². The van der Waals surface area contributed by atoms with Crippen molar-refractivity contribution in [1.82, 2.24) is 9.78 Å². The number of primary amides is 1. The first kappa shape index (κ1) is 13.9. The average molecular weight is 273 g/mol. The second-order valence-electron chi connectivity index (χ2n) is 4.87. The van der Waals surface area contributed by atoms with Gasteiger partial charge in [-0.3, -0.25) is 9.48 Å². The minimum atomic E-state index is -0.463. The Kier molecular flexibility index (Phi) is 3.65. The molecule has 1 heterocycles. The van der Waals surface area contributed by atoms with Gasteiger partial charge in [0.05, 0.1) is 5.69 Å². The largest absolute Gasteiger partial charge is 0.399 e. The smallest absolute Gasteiger partial charge is 0.254 e. The van der Waals surface area contributed by atoms with E-state index >= 15 is 0 Å². The van der Waals surface area contributed by atoms with Crippen LogP contribution in [0.3, 0.4) is 0 Å². The van der Waals surface area contributed by atoms with Gasteiger partial charge in [0, 0.05) is 26.3 Å². The molecule has 6 heteroatoms. The summed E-state index contributed by atoms with van der Waals surface area (Å²) in [5.41, 5.74) is 14.0. The van der Waals surface area contributed by atoms with Crippen LogP contribution >= 0.6 is 0 Å². The SMILES string of the molecule is Cc1nn(C)c(N(C)Cc2ccc(N)cc2)c1C(N)=O. The summed E-state index contributed by atoms with van der Waals surface area (Å²) in [6.45, 7) is 2.42. The van der Waals surface area contributed by atoms with Crippen LogP contribution < -0.4 is 16.4 Å². The van der Waals surface area contributed by atoms with Gasteiger partial charge in [-0.25, -0.2) is 0 Å². The minimum absolute atomic E-state index is 0.463. The summed E-state index contributed by atoms with van der Waals surface area (Å²) in [6.07, 6.45) is 0. The summed E-state index contributed by atoms with van der Waals surface area (Å²) in [6, 6.07) is 7.62. The third-order valence-electron chi connectivity index (χ3n) is 3.20. The van der Waals surface area contributed by atoms with Crippen molar-refractivity contribution in [2.24, 2.45) is 12.8 Å². The lowest BCUT2D eigenvalue weighted by Crippen LogP contribution is -2.23. The zero-order chi connectivity index (χ0) is 14.9. The maximum atomic E-state index is 11.6. The minimum Gasteiger partial charge on any atom is -0.399 e. The molecule has 106 valence electrons. The van der Waals surface area contributed by atoms with E-state index in [1.165, 1.54) is 0 Å². The Labute approximate surface area is 118 Å². The number of aryl methyl sites for hydroxylation is 2. The van der Waals surface area contributed by atoms with Crippen LogP contribution in [0.5, 0.6) is 0 Å². The molecular formula is C14H19N5O. The number of carbonyl (C=O) groups is 1. The number of nitrogens with two attached hydrogens (primary N) is 2. The van der Waals surface area contributed by atoms with E-state index in [9.17, 15) is 4.79 Å². The number of aromatic nitrogens is 2. The molecule has 0 saturated heterocycles. The van der Waals surface area contributed by atoms with Gasteiger partial charge in [0.1, 0.15) is 11.4 Å². The van der Waals surface area contributed by atoms with Gasteiger partial charge in [-0.05, 0) is 24.6 Å². The number of amides is 1. The third-order valence-corrected chi connectivity index (χ3v) is 3.20. The molecule has 0 atom stereocenters. The summed E-state index contributed by atoms with van der Waals surface area (Å²) in [5.74, 6) is 0.251. The fraction of sp³-hybridized carbons (Fsp3) is 0.286. The molecule has 2 rings (SSSR count). The average Bonchev–Trinajstić information content (AvgIpc) is 2.67. The third kappa shape index (κ3) is 2.59. The van der Waals surface area contributed by atoms with Gasteiger partial charge < -0.3 is 16.4 Å². The maximum absolute atomic E-state index is 11.6. The normalized spacial score (nSPS) is 10.6. The second kappa shape index (κ2) is 5.24. The monoisotopic (exact) mass is 273 g/mol. The highest BCUT2D eigenvalue weighted by Gasteiger charge is 2.21. The number of hydrogen-bond acceptors (Lipinski definition) is 4. The van der Waals surface area contributed by atoms with Gasteiger partial charge in [-0.15, -0.1) is 0 Å². The van der Waals surface area contributed by atoms with Crippen LogP contribution in [0.1, 0.15) is 21.6 Å². The van der Waals surface area contributed by atoms with E-state index in [1.807, 2.05) is 36.2 Å². The lowest BCUT2D eigenvalue weighted by atomic mass is 10.1. The Morgan fingerprint density at radius 2 is 1.95 bits per heavy atom. The van der Waals surface area contributed by atoms with Gasteiger partial charge in [-0.2, -0.15) is 5.10 Å². The molecule has 2 aromatic rings. The summed E-state index contributed by atoms with van der Waals surface area (Å²) in [7, 11) is 3.70. The van der Waals surface area contributed by atoms with Crippen molar-refractivity contribution in [1.29, 1.82) is 0 Å². The van der Waals surface area contributed by atoms with Gasteiger partial charge in [-0.1, -0.05) is 12.1 Å². The van der Waals surface area contributed by atoms with Crippen LogP contribution in [0.25, 0.3) is 0 Å². The molecule has 6 nitrogen and oxygen atoms in total. The number of carbonyl (C=O) groups excluding carboxylic acids is 1. The highest BCUT2D eigenvalue weighted by atomic mass is 16.1. The number of nitrogen functional groups attached to an aromatic ring is 1. The van der Waals surface area contributed by atoms with E-state index < -0.39 is 5.91 Å². The maximum Gasteiger partial charge on any atom is 0.254 e. The van der Waals surface area contributed by atoms with Crippen LogP contribution in [-0.4, -0.2) is 22.7 Å². The topological polar surface area (TPSA) is 90.2 Å². The van der Waals surface area contributed by atoms with E-state index in [2.05, 4.69) is 5.10 Å². The Morgan fingerprint density at radius 1 is 1.35 bits per heavy atom. The van der Waals surface area contributed by atoms with Crippen LogP contribution in [-0.2, 0) is 13.6 Å². The number of benzene rings is 1. The van der Waals surface area contributed by atoms with Crippen LogP contribution in [0, 0.1) is 6.92 Å². The van der Waals surface area contributed by atoms with Crippen LogP contribution in [0.2, 0.25) is 0 Å². The zero-order valence-electron chi connectivity index (χ0n) is 11.9. The van der Waals surface area contributed by atoms with E-state index in [0.29, 0.717) is 23.6 Å². The van der Waals surface area contributed by atoms with E-state index in [0.717, 1.165) is 11.3 Å². The summed E-state index contributed by atoms with van der Waals surface area (Å²) in [5, 5.41) is 4.26. The summed E-state index contributed by atoms with van der Waals surface area (Å²) in [4.78, 5) is 13.5. The zero-order valence-corrected chi connectivity index (χ0v) is 11.9. The first-order chi connectivity index (χ1) is 9.40. The van der Waals surface area contributed by atoms with Crippen LogP contribution in [0.15, 0.2) is 24.3 Å². The van der Waals surface area contributed by atoms with E-state index in [1.54, 1.807) is 18.7 Å². The number of anilines is 2. The fourth-order valence-electron chi connectivity index (χ4n) is 2.34. The predicted molar refractivity (Wildman–Crippen MR) is 79.4 cm³/mol. The Hall–Kier alpha value is -2.50. The van der Waals surface area contributed by atoms with Crippen LogP contribution in [0.4, 0.5) is 11.5 Å². The van der Waals surface area contributed by atoms with Gasteiger partial charge in [0.2, 0.25) is 0 Å². The Bertz CT molecular complexity index is 630. The molecule has 1 aromatic heterocycles. The van der Waals surface area contributed by atoms with Crippen molar-refractivity contribution in [3.8, 4) is 0 Å². The molecular weight excluding hydrogens is 254 g/mol. The lowest BCUT2D eigenvalue weighted by Gasteiger charge is -2.20. The number of nitrogens with zero attached hydrogens (tertiary/aromatic N) is 3. The summed E-state index contributed by atoms with van der Waals surface area (Å²) < 4.78 is 1.67. The van der Waals surface area contributed by atoms with Gasteiger partial charge in [0.15, 0.2) is 0 Å². The highest BCUT2D eigenvalue weighted by Crippen LogP contribution is 2.23. The van der Waals surface area contributed by atoms with Crippen molar-refractivity contribution in [3.63, 3.8) is 0 Å². The molecule has 20 heavy (non-hydrogen) atoms. The molecule has 0 bridgehead atoms. The molecule has 0 spiro atoms. The lowest BCUT2D eigenvalue weighted by molar-refractivity contribution is 0.1000. The standard InChI is InChI=1S/C14H19N5O/c1-9-12(13(16)20)14(19(3)17-9)18(2)8-10-4-6-11(15)7-5-10/h4-7H,8,15H2,1-3H3,(H2,16,20). The molecule has 1 amide bonds. The molecule has 0 saturated carbocycles. The molecule has 0 aliphatic rings. The van der Waals surface area contributed by atoms with Crippen molar-refractivity contribution in [2.75, 3.05) is 17.7 Å². The van der Waals surface area contributed by atoms with Crippen molar-refractivity contribution in [2.45, 2.75) is 13.5 Å². The molecule has 1 aromatic carbocycles. The summed E-state index contributed by atoms with van der Waals surface area (Å²) >= 11 is 0. The van der Waals surface area contributed by atoms with E-state index in [4.69, 9.17) is 11.5 Å². The number of hydrogen-bond donors (Lipinski definition) is 2. The van der Waals surface area contributed by atoms with Crippen molar-refractivity contribution < 1.29 is 4.79 Å². The second-order valence-corrected chi connectivity index (χ2v) is 4.87. The molecule has 0 aliphatic carbocycles. The quantitative estimate of drug-likeness (QED) is 0.815. The van der Waals surface area contributed by atoms with Crippen molar-refractivity contribution in [3.05, 3.63) is 41.1 Å². The highest BCUT2D eigenvalue weighted by molar-refractivity contribution is 5.99. The Balaban J connectivity index is 2.31. The van der Waals surface area contributed by atoms with Gasteiger partial charge in [0.25, 0.3) is 5.91 Å². The molecule has 0 aliphatic heterocycles. The molecule has 0 unspecified atom stereocenters. The Morgan fingerprint density at radius 3 is 2.50 bits per heavy atom. The number of rotatable bonds is 4. The van der Waals surface area contributed by atoms with Crippen molar-refractivity contribution >= 4 is 17.4 Å².